The highest BCUT2D eigenvalue weighted by molar-refractivity contribution is 14.1. The van der Waals surface area contributed by atoms with Crippen LogP contribution in [0.15, 0.2) is 0 Å². The number of esters is 1. The molecule has 0 heterocycles. The first kappa shape index (κ1) is 22.7. The van der Waals surface area contributed by atoms with E-state index in [4.69, 9.17) is 9.16 Å². The van der Waals surface area contributed by atoms with Gasteiger partial charge in [0.25, 0.3) is 0 Å². The fourth-order valence-electron chi connectivity index (χ4n) is 1.49. The predicted octanol–water partition coefficient (Wildman–Crippen LogP) is 4.34. The van der Waals surface area contributed by atoms with Gasteiger partial charge in [0.2, 0.25) is 0 Å². The third-order valence-corrected chi connectivity index (χ3v) is 11.6. The molecular weight excluding hydrogens is 427 g/mol. The van der Waals surface area contributed by atoms with Crippen molar-refractivity contribution in [2.24, 2.45) is 0 Å². The first-order chi connectivity index (χ1) is 9.53. The highest BCUT2D eigenvalue weighted by Gasteiger charge is 2.39. The van der Waals surface area contributed by atoms with Crippen molar-refractivity contribution in [2.75, 3.05) is 41.8 Å². The van der Waals surface area contributed by atoms with Crippen LogP contribution in [0.5, 0.6) is 0 Å². The molecule has 22 heavy (non-hydrogen) atoms. The molecule has 0 N–H and O–H groups in total. The standard InChI is InChI=1S/C16H37IO3SSi/c1-16(2,3)22(8,9)20-14(13-17)12-15(18)19-10-11-21(4,5,6)7/h14,21H,10-13H2,1-9H3/t14-/m0/s1. The summed E-state index contributed by atoms with van der Waals surface area (Å²) in [5, 5.41) is 0.160. The van der Waals surface area contributed by atoms with Gasteiger partial charge in [-0.05, 0) is 48.9 Å². The third-order valence-electron chi connectivity index (χ3n) is 4.08. The molecule has 6 heteroatoms. The molecular formula is C16H37IO3SSi. The van der Waals surface area contributed by atoms with E-state index in [0.29, 0.717) is 13.0 Å². The van der Waals surface area contributed by atoms with E-state index in [0.717, 1.165) is 10.2 Å². The van der Waals surface area contributed by atoms with Gasteiger partial charge in [-0.15, -0.1) is 0 Å². The SMILES string of the molecule is CC(C)(C)[Si](C)(C)O[C@H](CI)CC(=O)OCC[SH](C)(C)(C)C. The Bertz CT molecular complexity index is 374. The van der Waals surface area contributed by atoms with Crippen LogP contribution in [0.1, 0.15) is 27.2 Å². The van der Waals surface area contributed by atoms with Gasteiger partial charge in [0.15, 0.2) is 8.32 Å². The molecule has 0 aliphatic rings. The molecule has 0 spiro atoms. The fraction of sp³-hybridized carbons (Fsp3) is 0.938. The summed E-state index contributed by atoms with van der Waals surface area (Å²) in [4.78, 5) is 12.1. The molecule has 0 aromatic rings. The van der Waals surface area contributed by atoms with E-state index in [1.807, 2.05) is 0 Å². The van der Waals surface area contributed by atoms with Gasteiger partial charge in [0, 0.05) is 4.43 Å². The molecule has 136 valence electrons. The number of hydrogen-bond acceptors (Lipinski definition) is 3. The average molecular weight is 465 g/mol. The number of hydrogen-bond donors (Lipinski definition) is 1. The molecule has 0 saturated carbocycles. The number of rotatable bonds is 8. The molecule has 0 rings (SSSR count). The first-order valence-corrected chi connectivity index (χ1v) is 16.6. The molecule has 0 bridgehead atoms. The quantitative estimate of drug-likeness (QED) is 0.191. The van der Waals surface area contributed by atoms with Crippen LogP contribution in [0.3, 0.4) is 0 Å². The number of ether oxygens (including phenoxy) is 1. The zero-order valence-corrected chi connectivity index (χ0v) is 20.0. The summed E-state index contributed by atoms with van der Waals surface area (Å²) >= 11 is 2.30. The summed E-state index contributed by atoms with van der Waals surface area (Å²) in [6.07, 6.45) is 9.53. The van der Waals surface area contributed by atoms with Crippen LogP contribution in [0.4, 0.5) is 0 Å². The minimum absolute atomic E-state index is 0.0317. The van der Waals surface area contributed by atoms with Crippen LogP contribution in [0.2, 0.25) is 18.1 Å². The van der Waals surface area contributed by atoms with Crippen molar-refractivity contribution < 1.29 is 14.0 Å². The number of carbonyl (C=O) groups excluding carboxylic acids is 1. The number of carbonyl (C=O) groups is 1. The van der Waals surface area contributed by atoms with E-state index in [2.05, 4.69) is 81.5 Å². The molecule has 0 radical (unpaired) electrons. The van der Waals surface area contributed by atoms with Gasteiger partial charge >= 0.3 is 5.97 Å². The second-order valence-corrected chi connectivity index (χ2v) is 23.7. The van der Waals surface area contributed by atoms with Crippen LogP contribution >= 0.6 is 31.8 Å². The van der Waals surface area contributed by atoms with Gasteiger partial charge in [-0.25, -0.2) is 0 Å². The third kappa shape index (κ3) is 9.77. The van der Waals surface area contributed by atoms with Crippen LogP contribution in [-0.4, -0.2) is 62.2 Å². The van der Waals surface area contributed by atoms with Crippen molar-refractivity contribution in [3.63, 3.8) is 0 Å². The minimum atomic E-state index is -1.84. The lowest BCUT2D eigenvalue weighted by Crippen LogP contribution is -2.45. The van der Waals surface area contributed by atoms with Crippen molar-refractivity contribution in [3.05, 3.63) is 0 Å². The Kier molecular flexibility index (Phi) is 8.00. The second kappa shape index (κ2) is 7.74. The molecule has 0 aromatic heterocycles. The number of halogens is 1. The maximum atomic E-state index is 12.1. The normalized spacial score (nSPS) is 16.7. The van der Waals surface area contributed by atoms with Gasteiger partial charge in [-0.3, -0.25) is 14.0 Å². The molecule has 0 amide bonds. The van der Waals surface area contributed by atoms with Crippen molar-refractivity contribution in [1.82, 2.24) is 0 Å². The lowest BCUT2D eigenvalue weighted by atomic mass is 10.2. The first-order valence-electron chi connectivity index (χ1n) is 7.93. The van der Waals surface area contributed by atoms with Gasteiger partial charge in [-0.2, -0.15) is 0 Å². The molecule has 1 atom stereocenters. The van der Waals surface area contributed by atoms with E-state index in [1.54, 1.807) is 0 Å². The minimum Gasteiger partial charge on any atom is -0.465 e. The van der Waals surface area contributed by atoms with E-state index in [1.165, 1.54) is 0 Å². The Morgan fingerprint density at radius 1 is 1.18 bits per heavy atom. The van der Waals surface area contributed by atoms with Gasteiger partial charge < -0.3 is 9.16 Å². The van der Waals surface area contributed by atoms with Gasteiger partial charge in [0.05, 0.1) is 19.1 Å². The van der Waals surface area contributed by atoms with E-state index < -0.39 is 17.5 Å². The van der Waals surface area contributed by atoms with Gasteiger partial charge in [-0.1, -0.05) is 43.4 Å². The summed E-state index contributed by atoms with van der Waals surface area (Å²) < 4.78 is 12.6. The lowest BCUT2D eigenvalue weighted by molar-refractivity contribution is -0.144. The smallest absolute Gasteiger partial charge is 0.308 e. The van der Waals surface area contributed by atoms with E-state index >= 15 is 0 Å². The molecule has 0 fully saturated rings. The fourth-order valence-corrected chi connectivity index (χ4v) is 4.50. The van der Waals surface area contributed by atoms with Crippen LogP contribution < -0.4 is 0 Å². The lowest BCUT2D eigenvalue weighted by Gasteiger charge is -2.46. The maximum Gasteiger partial charge on any atom is 0.308 e. The summed E-state index contributed by atoms with van der Waals surface area (Å²) in [6, 6.07) is 0. The summed E-state index contributed by atoms with van der Waals surface area (Å²) in [6.45, 7) is 11.6. The van der Waals surface area contributed by atoms with Crippen molar-refractivity contribution >= 4 is 46.0 Å². The molecule has 0 aliphatic heterocycles. The van der Waals surface area contributed by atoms with E-state index in [-0.39, 0.29) is 17.1 Å². The largest absolute Gasteiger partial charge is 0.465 e. The topological polar surface area (TPSA) is 35.5 Å². The molecule has 0 aromatic carbocycles. The van der Waals surface area contributed by atoms with Crippen molar-refractivity contribution in [1.29, 1.82) is 0 Å². The Balaban J connectivity index is 4.43. The summed E-state index contributed by atoms with van der Waals surface area (Å²) in [5.74, 6) is 0.857. The summed E-state index contributed by atoms with van der Waals surface area (Å²) in [7, 11) is -3.43. The zero-order valence-electron chi connectivity index (χ0n) is 16.0. The summed E-state index contributed by atoms with van der Waals surface area (Å²) in [5.41, 5.74) is 0. The van der Waals surface area contributed by atoms with Crippen LogP contribution in [0.25, 0.3) is 0 Å². The molecule has 3 nitrogen and oxygen atoms in total. The van der Waals surface area contributed by atoms with Gasteiger partial charge in [0.1, 0.15) is 0 Å². The number of thiol groups is 1. The van der Waals surface area contributed by atoms with Crippen molar-refractivity contribution in [2.45, 2.75) is 51.4 Å². The van der Waals surface area contributed by atoms with Crippen LogP contribution in [0, 0.1) is 0 Å². The number of alkyl halides is 1. The predicted molar refractivity (Wildman–Crippen MR) is 114 cm³/mol. The zero-order chi connectivity index (χ0) is 17.8. The van der Waals surface area contributed by atoms with Crippen molar-refractivity contribution in [3.8, 4) is 0 Å². The van der Waals surface area contributed by atoms with E-state index in [9.17, 15) is 4.79 Å². The second-order valence-electron chi connectivity index (χ2n) is 9.75. The Labute approximate surface area is 152 Å². The maximum absolute atomic E-state index is 12.1. The van der Waals surface area contributed by atoms with Crippen LogP contribution in [-0.2, 0) is 14.0 Å². The molecule has 0 saturated heterocycles. The Hall–Kier alpha value is 0.727. The molecule has 0 unspecified atom stereocenters. The highest BCUT2D eigenvalue weighted by Crippen LogP contribution is 2.54. The molecule has 0 aliphatic carbocycles. The Morgan fingerprint density at radius 3 is 2.05 bits per heavy atom. The Morgan fingerprint density at radius 2 is 1.68 bits per heavy atom. The average Bonchev–Trinajstić information content (AvgIpc) is 2.23. The highest BCUT2D eigenvalue weighted by atomic mass is 127. The monoisotopic (exact) mass is 464 g/mol.